The molecule has 0 atom stereocenters. The maximum absolute atomic E-state index is 11.8. The first-order chi connectivity index (χ1) is 9.48. The fraction of sp³-hybridized carbons (Fsp3) is 0.571. The van der Waals surface area contributed by atoms with Crippen molar-refractivity contribution in [2.45, 2.75) is 26.7 Å². The van der Waals surface area contributed by atoms with E-state index in [4.69, 9.17) is 10.5 Å². The Hall–Kier alpha value is -1.27. The first kappa shape index (κ1) is 16.8. The number of sulfonamides is 1. The molecule has 0 radical (unpaired) electrons. The molecule has 0 unspecified atom stereocenters. The number of benzene rings is 1. The molecule has 0 aliphatic heterocycles. The number of anilines is 1. The van der Waals surface area contributed by atoms with Crippen LogP contribution in [0.5, 0.6) is 5.75 Å². The molecule has 0 aromatic heterocycles. The Balaban J connectivity index is 2.38. The molecule has 0 aliphatic carbocycles. The minimum absolute atomic E-state index is 0.0680. The second kappa shape index (κ2) is 8.11. The molecule has 3 N–H and O–H groups in total. The Morgan fingerprint density at radius 2 is 1.90 bits per heavy atom. The van der Waals surface area contributed by atoms with Crippen LogP contribution in [0.4, 0.5) is 5.69 Å². The molecule has 1 aromatic rings. The van der Waals surface area contributed by atoms with Gasteiger partial charge in [-0.2, -0.15) is 0 Å². The summed E-state index contributed by atoms with van der Waals surface area (Å²) in [5.74, 6) is 0.833. The lowest BCUT2D eigenvalue weighted by atomic mass is 10.0. The third-order valence-electron chi connectivity index (χ3n) is 3.28. The van der Waals surface area contributed by atoms with Crippen LogP contribution in [0.1, 0.15) is 26.7 Å². The van der Waals surface area contributed by atoms with Crippen molar-refractivity contribution >= 4 is 15.7 Å². The van der Waals surface area contributed by atoms with Gasteiger partial charge in [0, 0.05) is 6.54 Å². The molecule has 1 aromatic carbocycles. The number of ether oxygens (including phenoxy) is 1. The summed E-state index contributed by atoms with van der Waals surface area (Å²) in [6, 6.07) is 7.04. The minimum Gasteiger partial charge on any atom is -0.490 e. The average Bonchev–Trinajstić information content (AvgIpc) is 2.42. The SMILES string of the molecule is CCC(CC)CNS(=O)(=O)CCOc1ccccc1N. The number of para-hydroxylation sites is 2. The van der Waals surface area contributed by atoms with E-state index >= 15 is 0 Å². The monoisotopic (exact) mass is 300 g/mol. The van der Waals surface area contributed by atoms with Gasteiger partial charge in [0.2, 0.25) is 10.0 Å². The highest BCUT2D eigenvalue weighted by Gasteiger charge is 2.13. The van der Waals surface area contributed by atoms with E-state index in [1.807, 2.05) is 0 Å². The van der Waals surface area contributed by atoms with Crippen LogP contribution in [-0.2, 0) is 10.0 Å². The van der Waals surface area contributed by atoms with Crippen LogP contribution in [0.2, 0.25) is 0 Å². The minimum atomic E-state index is -3.30. The Morgan fingerprint density at radius 1 is 1.25 bits per heavy atom. The molecular weight excluding hydrogens is 276 g/mol. The Morgan fingerprint density at radius 3 is 2.50 bits per heavy atom. The predicted octanol–water partition coefficient (Wildman–Crippen LogP) is 2.00. The molecule has 0 saturated heterocycles. The van der Waals surface area contributed by atoms with Crippen molar-refractivity contribution in [1.82, 2.24) is 4.72 Å². The van der Waals surface area contributed by atoms with Gasteiger partial charge in [0.25, 0.3) is 0 Å². The molecule has 0 bridgehead atoms. The van der Waals surface area contributed by atoms with Crippen LogP contribution >= 0.6 is 0 Å². The molecule has 1 rings (SSSR count). The Kier molecular flexibility index (Phi) is 6.81. The van der Waals surface area contributed by atoms with E-state index in [1.54, 1.807) is 24.3 Å². The van der Waals surface area contributed by atoms with Crippen LogP contribution in [-0.4, -0.2) is 27.3 Å². The Bertz CT molecular complexity index is 499. The summed E-state index contributed by atoms with van der Waals surface area (Å²) in [7, 11) is -3.30. The van der Waals surface area contributed by atoms with Gasteiger partial charge in [0.1, 0.15) is 12.4 Å². The largest absolute Gasteiger partial charge is 0.490 e. The van der Waals surface area contributed by atoms with Gasteiger partial charge in [-0.15, -0.1) is 0 Å². The number of hydrogen-bond acceptors (Lipinski definition) is 4. The van der Waals surface area contributed by atoms with Gasteiger partial charge in [0.15, 0.2) is 0 Å². The summed E-state index contributed by atoms with van der Waals surface area (Å²) < 4.78 is 31.7. The molecule has 0 heterocycles. The number of hydrogen-bond donors (Lipinski definition) is 2. The van der Waals surface area contributed by atoms with Crippen molar-refractivity contribution in [1.29, 1.82) is 0 Å². The molecule has 0 amide bonds. The first-order valence-corrected chi connectivity index (χ1v) is 8.58. The van der Waals surface area contributed by atoms with E-state index in [2.05, 4.69) is 18.6 Å². The zero-order chi connectivity index (χ0) is 15.0. The predicted molar refractivity (Wildman–Crippen MR) is 82.2 cm³/mol. The topological polar surface area (TPSA) is 81.4 Å². The molecule has 20 heavy (non-hydrogen) atoms. The van der Waals surface area contributed by atoms with E-state index in [9.17, 15) is 8.42 Å². The molecular formula is C14H24N2O3S. The smallest absolute Gasteiger partial charge is 0.214 e. The number of nitrogens with two attached hydrogens (primary N) is 1. The van der Waals surface area contributed by atoms with Crippen molar-refractivity contribution in [3.8, 4) is 5.75 Å². The lowest BCUT2D eigenvalue weighted by molar-refractivity contribution is 0.342. The van der Waals surface area contributed by atoms with Gasteiger partial charge in [0.05, 0.1) is 11.4 Å². The molecule has 0 aliphatic rings. The van der Waals surface area contributed by atoms with Crippen molar-refractivity contribution in [2.75, 3.05) is 24.6 Å². The van der Waals surface area contributed by atoms with Crippen molar-refractivity contribution in [2.24, 2.45) is 5.92 Å². The third kappa shape index (κ3) is 5.79. The van der Waals surface area contributed by atoms with E-state index in [0.717, 1.165) is 12.8 Å². The highest BCUT2D eigenvalue weighted by molar-refractivity contribution is 7.89. The van der Waals surface area contributed by atoms with Gasteiger partial charge < -0.3 is 10.5 Å². The highest BCUT2D eigenvalue weighted by Crippen LogP contribution is 2.19. The van der Waals surface area contributed by atoms with E-state index in [0.29, 0.717) is 23.9 Å². The highest BCUT2D eigenvalue weighted by atomic mass is 32.2. The van der Waals surface area contributed by atoms with Gasteiger partial charge >= 0.3 is 0 Å². The van der Waals surface area contributed by atoms with Crippen LogP contribution in [0.15, 0.2) is 24.3 Å². The molecule has 0 saturated carbocycles. The van der Waals surface area contributed by atoms with Crippen molar-refractivity contribution < 1.29 is 13.2 Å². The third-order valence-corrected chi connectivity index (χ3v) is 4.59. The second-order valence-corrected chi connectivity index (χ2v) is 6.66. The van der Waals surface area contributed by atoms with Gasteiger partial charge in [-0.1, -0.05) is 38.8 Å². The maximum Gasteiger partial charge on any atom is 0.214 e. The summed E-state index contributed by atoms with van der Waals surface area (Å²) in [6.45, 7) is 4.70. The average molecular weight is 300 g/mol. The fourth-order valence-corrected chi connectivity index (χ4v) is 2.70. The van der Waals surface area contributed by atoms with Crippen LogP contribution in [0.3, 0.4) is 0 Å². The molecule has 114 valence electrons. The normalized spacial score (nSPS) is 11.8. The lowest BCUT2D eigenvalue weighted by Gasteiger charge is -2.14. The number of nitrogens with one attached hydrogen (secondary N) is 1. The standard InChI is InChI=1S/C14H24N2O3S/c1-3-12(4-2)11-16-20(17,18)10-9-19-14-8-6-5-7-13(14)15/h5-8,12,16H,3-4,9-11,15H2,1-2H3. The zero-order valence-electron chi connectivity index (χ0n) is 12.1. The molecule has 0 fully saturated rings. The van der Waals surface area contributed by atoms with Crippen molar-refractivity contribution in [3.05, 3.63) is 24.3 Å². The Labute approximate surface area is 121 Å². The lowest BCUT2D eigenvalue weighted by Crippen LogP contribution is -2.32. The summed E-state index contributed by atoms with van der Waals surface area (Å²) in [6.07, 6.45) is 1.94. The molecule has 0 spiro atoms. The van der Waals surface area contributed by atoms with E-state index in [1.165, 1.54) is 0 Å². The van der Waals surface area contributed by atoms with Crippen LogP contribution < -0.4 is 15.2 Å². The second-order valence-electron chi connectivity index (χ2n) is 4.74. The summed E-state index contributed by atoms with van der Waals surface area (Å²) in [4.78, 5) is 0. The van der Waals surface area contributed by atoms with Crippen LogP contribution in [0.25, 0.3) is 0 Å². The van der Waals surface area contributed by atoms with E-state index < -0.39 is 10.0 Å². The zero-order valence-corrected chi connectivity index (χ0v) is 12.9. The quantitative estimate of drug-likeness (QED) is 0.683. The van der Waals surface area contributed by atoms with Gasteiger partial charge in [-0.3, -0.25) is 0 Å². The number of rotatable bonds is 9. The molecule has 6 heteroatoms. The van der Waals surface area contributed by atoms with Gasteiger partial charge in [-0.25, -0.2) is 13.1 Å². The van der Waals surface area contributed by atoms with E-state index in [-0.39, 0.29) is 12.4 Å². The van der Waals surface area contributed by atoms with Crippen LogP contribution in [0, 0.1) is 5.92 Å². The summed E-state index contributed by atoms with van der Waals surface area (Å²) in [5, 5.41) is 0. The number of nitrogen functional groups attached to an aromatic ring is 1. The maximum atomic E-state index is 11.8. The first-order valence-electron chi connectivity index (χ1n) is 6.93. The fourth-order valence-electron chi connectivity index (χ4n) is 1.77. The van der Waals surface area contributed by atoms with Gasteiger partial charge in [-0.05, 0) is 18.1 Å². The summed E-state index contributed by atoms with van der Waals surface area (Å²) >= 11 is 0. The summed E-state index contributed by atoms with van der Waals surface area (Å²) in [5.41, 5.74) is 6.22. The van der Waals surface area contributed by atoms with Crippen molar-refractivity contribution in [3.63, 3.8) is 0 Å². The molecule has 5 nitrogen and oxygen atoms in total.